The van der Waals surface area contributed by atoms with Crippen LogP contribution in [0.5, 0.6) is 0 Å². The summed E-state index contributed by atoms with van der Waals surface area (Å²) in [7, 11) is 0. The summed E-state index contributed by atoms with van der Waals surface area (Å²) in [5.74, 6) is 0.468. The van der Waals surface area contributed by atoms with E-state index in [4.69, 9.17) is 5.73 Å². The van der Waals surface area contributed by atoms with E-state index in [1.54, 1.807) is 11.3 Å². The molecule has 0 aliphatic rings. The standard InChI is InChI=1S/C16H22N4S/c1-11-7-12(2)9-14(8-11)20-16(17)18-6-4-5-15-19-13(3)10-21-15/h7-10H,4-6H2,1-3H3,(H3,17,18,20). The highest BCUT2D eigenvalue weighted by Gasteiger charge is 1.99. The third-order valence-corrected chi connectivity index (χ3v) is 4.02. The second-order valence-electron chi connectivity index (χ2n) is 5.25. The molecule has 0 unspecified atom stereocenters. The average Bonchev–Trinajstić information content (AvgIpc) is 2.79. The van der Waals surface area contributed by atoms with Crippen LogP contribution in [-0.2, 0) is 6.42 Å². The van der Waals surface area contributed by atoms with Crippen LogP contribution in [0.3, 0.4) is 0 Å². The molecule has 3 N–H and O–H groups in total. The third-order valence-electron chi connectivity index (χ3n) is 2.99. The smallest absolute Gasteiger partial charge is 0.193 e. The van der Waals surface area contributed by atoms with Crippen molar-refractivity contribution in [3.8, 4) is 0 Å². The molecule has 0 aliphatic heterocycles. The number of anilines is 1. The summed E-state index contributed by atoms with van der Waals surface area (Å²) in [5.41, 5.74) is 10.4. The molecular weight excluding hydrogens is 280 g/mol. The van der Waals surface area contributed by atoms with E-state index >= 15 is 0 Å². The van der Waals surface area contributed by atoms with Crippen molar-refractivity contribution in [1.29, 1.82) is 0 Å². The monoisotopic (exact) mass is 302 g/mol. The molecule has 21 heavy (non-hydrogen) atoms. The van der Waals surface area contributed by atoms with E-state index in [1.165, 1.54) is 16.1 Å². The van der Waals surface area contributed by atoms with Gasteiger partial charge < -0.3 is 11.1 Å². The van der Waals surface area contributed by atoms with Gasteiger partial charge in [-0.2, -0.15) is 0 Å². The first-order valence-corrected chi connectivity index (χ1v) is 7.97. The predicted molar refractivity (Wildman–Crippen MR) is 91.2 cm³/mol. The first-order chi connectivity index (χ1) is 10.0. The Hall–Kier alpha value is -1.88. The van der Waals surface area contributed by atoms with Crippen LogP contribution in [0.4, 0.5) is 5.69 Å². The maximum atomic E-state index is 5.92. The van der Waals surface area contributed by atoms with Gasteiger partial charge in [0, 0.05) is 29.7 Å². The molecule has 5 heteroatoms. The van der Waals surface area contributed by atoms with Crippen molar-refractivity contribution < 1.29 is 0 Å². The zero-order valence-corrected chi connectivity index (χ0v) is 13.6. The molecule has 112 valence electrons. The van der Waals surface area contributed by atoms with E-state index in [1.807, 2.05) is 6.92 Å². The van der Waals surface area contributed by atoms with Crippen molar-refractivity contribution in [3.63, 3.8) is 0 Å². The highest BCUT2D eigenvalue weighted by molar-refractivity contribution is 7.09. The molecule has 0 radical (unpaired) electrons. The molecule has 0 aliphatic carbocycles. The minimum Gasteiger partial charge on any atom is -0.370 e. The number of nitrogens with two attached hydrogens (primary N) is 1. The molecule has 0 saturated carbocycles. The number of nitrogens with zero attached hydrogens (tertiary/aromatic N) is 2. The van der Waals surface area contributed by atoms with Crippen LogP contribution in [0.15, 0.2) is 28.6 Å². The summed E-state index contributed by atoms with van der Waals surface area (Å²) in [4.78, 5) is 8.80. The number of hydrogen-bond donors (Lipinski definition) is 2. The van der Waals surface area contributed by atoms with Gasteiger partial charge in [0.15, 0.2) is 5.96 Å². The number of thiazole rings is 1. The van der Waals surface area contributed by atoms with Gasteiger partial charge in [-0.05, 0) is 50.5 Å². The first-order valence-electron chi connectivity index (χ1n) is 7.09. The third kappa shape index (κ3) is 5.19. The second-order valence-corrected chi connectivity index (χ2v) is 6.20. The maximum absolute atomic E-state index is 5.92. The summed E-state index contributed by atoms with van der Waals surface area (Å²) in [6.45, 7) is 6.87. The molecule has 0 spiro atoms. The number of benzene rings is 1. The van der Waals surface area contributed by atoms with Gasteiger partial charge in [-0.25, -0.2) is 4.98 Å². The average molecular weight is 302 g/mol. The Bertz CT molecular complexity index is 611. The van der Waals surface area contributed by atoms with Gasteiger partial charge in [-0.1, -0.05) is 6.07 Å². The molecule has 1 aromatic carbocycles. The number of aliphatic imine (C=N–C) groups is 1. The van der Waals surface area contributed by atoms with E-state index in [0.29, 0.717) is 12.5 Å². The number of nitrogens with one attached hydrogen (secondary N) is 1. The zero-order chi connectivity index (χ0) is 15.2. The van der Waals surface area contributed by atoms with Crippen LogP contribution >= 0.6 is 11.3 Å². The number of guanidine groups is 1. The van der Waals surface area contributed by atoms with Crippen LogP contribution in [0.2, 0.25) is 0 Å². The summed E-state index contributed by atoms with van der Waals surface area (Å²) in [6.07, 6.45) is 1.92. The summed E-state index contributed by atoms with van der Waals surface area (Å²) in [6, 6.07) is 6.26. The molecular formula is C16H22N4S. The lowest BCUT2D eigenvalue weighted by Crippen LogP contribution is -2.23. The molecule has 0 amide bonds. The van der Waals surface area contributed by atoms with E-state index in [-0.39, 0.29) is 0 Å². The molecule has 1 aromatic heterocycles. The van der Waals surface area contributed by atoms with Gasteiger partial charge in [0.05, 0.1) is 5.01 Å². The number of aryl methyl sites for hydroxylation is 4. The Kier molecular flexibility index (Phi) is 5.33. The fraction of sp³-hybridized carbons (Fsp3) is 0.375. The van der Waals surface area contributed by atoms with Crippen LogP contribution in [0.1, 0.15) is 28.2 Å². The highest BCUT2D eigenvalue weighted by atomic mass is 32.1. The van der Waals surface area contributed by atoms with Crippen molar-refractivity contribution in [3.05, 3.63) is 45.4 Å². The number of aromatic nitrogens is 1. The quantitative estimate of drug-likeness (QED) is 0.505. The van der Waals surface area contributed by atoms with E-state index in [0.717, 1.165) is 24.2 Å². The van der Waals surface area contributed by atoms with E-state index in [2.05, 4.69) is 52.7 Å². The lowest BCUT2D eigenvalue weighted by atomic mass is 10.1. The fourth-order valence-corrected chi connectivity index (χ4v) is 3.00. The molecule has 2 aromatic rings. The van der Waals surface area contributed by atoms with Crippen LogP contribution in [0.25, 0.3) is 0 Å². The highest BCUT2D eigenvalue weighted by Crippen LogP contribution is 2.13. The fourth-order valence-electron chi connectivity index (χ4n) is 2.18. The van der Waals surface area contributed by atoms with Crippen molar-refractivity contribution in [2.75, 3.05) is 11.9 Å². The molecule has 0 atom stereocenters. The van der Waals surface area contributed by atoms with Crippen LogP contribution < -0.4 is 11.1 Å². The molecule has 1 heterocycles. The predicted octanol–water partition coefficient (Wildman–Crippen LogP) is 3.43. The Balaban J connectivity index is 1.81. The lowest BCUT2D eigenvalue weighted by Gasteiger charge is -2.07. The number of hydrogen-bond acceptors (Lipinski definition) is 3. The largest absolute Gasteiger partial charge is 0.370 e. The Morgan fingerprint density at radius 2 is 1.95 bits per heavy atom. The lowest BCUT2D eigenvalue weighted by molar-refractivity contribution is 0.823. The Morgan fingerprint density at radius 1 is 1.24 bits per heavy atom. The van der Waals surface area contributed by atoms with Gasteiger partial charge in [0.2, 0.25) is 0 Å². The topological polar surface area (TPSA) is 63.3 Å². The van der Waals surface area contributed by atoms with Crippen LogP contribution in [0, 0.1) is 20.8 Å². The van der Waals surface area contributed by atoms with Crippen molar-refractivity contribution in [2.24, 2.45) is 10.7 Å². The van der Waals surface area contributed by atoms with Crippen molar-refractivity contribution in [1.82, 2.24) is 4.98 Å². The van der Waals surface area contributed by atoms with Gasteiger partial charge in [0.25, 0.3) is 0 Å². The maximum Gasteiger partial charge on any atom is 0.193 e. The molecule has 4 nitrogen and oxygen atoms in total. The Morgan fingerprint density at radius 3 is 2.57 bits per heavy atom. The molecule has 0 saturated heterocycles. The minimum absolute atomic E-state index is 0.468. The van der Waals surface area contributed by atoms with Gasteiger partial charge >= 0.3 is 0 Å². The number of rotatable bonds is 5. The van der Waals surface area contributed by atoms with Crippen molar-refractivity contribution in [2.45, 2.75) is 33.6 Å². The SMILES string of the molecule is Cc1cc(C)cc(NC(N)=NCCCc2nc(C)cs2)c1. The van der Waals surface area contributed by atoms with Crippen LogP contribution in [-0.4, -0.2) is 17.5 Å². The van der Waals surface area contributed by atoms with E-state index < -0.39 is 0 Å². The van der Waals surface area contributed by atoms with E-state index in [9.17, 15) is 0 Å². The Labute approximate surface area is 130 Å². The zero-order valence-electron chi connectivity index (χ0n) is 12.8. The van der Waals surface area contributed by atoms with Gasteiger partial charge in [-0.3, -0.25) is 4.99 Å². The second kappa shape index (κ2) is 7.22. The van der Waals surface area contributed by atoms with Crippen molar-refractivity contribution >= 4 is 23.0 Å². The van der Waals surface area contributed by atoms with Gasteiger partial charge in [-0.15, -0.1) is 11.3 Å². The molecule has 2 rings (SSSR count). The summed E-state index contributed by atoms with van der Waals surface area (Å²) >= 11 is 1.71. The summed E-state index contributed by atoms with van der Waals surface area (Å²) in [5, 5.41) is 6.39. The minimum atomic E-state index is 0.468. The normalized spacial score (nSPS) is 11.7. The first kappa shape index (κ1) is 15.5. The molecule has 0 bridgehead atoms. The van der Waals surface area contributed by atoms with Gasteiger partial charge in [0.1, 0.15) is 0 Å². The summed E-state index contributed by atoms with van der Waals surface area (Å²) < 4.78 is 0. The molecule has 0 fully saturated rings.